The number of aryl methyl sites for hydroxylation is 1. The molecule has 100 valence electrons. The van der Waals surface area contributed by atoms with E-state index in [4.69, 9.17) is 12.7 Å². The van der Waals surface area contributed by atoms with E-state index in [1.165, 1.54) is 11.7 Å². The Balaban J connectivity index is 2.60. The molecule has 5 heteroatoms. The van der Waals surface area contributed by atoms with E-state index in [9.17, 15) is 4.79 Å². The molecular weight excluding hydrogens is 268 g/mol. The lowest BCUT2D eigenvalue weighted by Gasteiger charge is -2.16. The second kappa shape index (κ2) is 6.10. The summed E-state index contributed by atoms with van der Waals surface area (Å²) in [6.07, 6.45) is 0. The van der Waals surface area contributed by atoms with Crippen molar-refractivity contribution >= 4 is 29.0 Å². The molecule has 0 spiro atoms. The molecule has 0 amide bonds. The summed E-state index contributed by atoms with van der Waals surface area (Å²) < 4.78 is 6.30. The molecule has 1 unspecified atom stereocenters. The molecule has 0 aliphatic carbocycles. The number of rotatable bonds is 3. The molecule has 2 aromatic carbocycles. The smallest absolute Gasteiger partial charge is 0.338 e. The van der Waals surface area contributed by atoms with Crippen molar-refractivity contribution in [1.29, 1.82) is 0 Å². The van der Waals surface area contributed by atoms with Crippen molar-refractivity contribution in [3.8, 4) is 11.1 Å². The second-order valence-electron chi connectivity index (χ2n) is 4.50. The van der Waals surface area contributed by atoms with Crippen LogP contribution in [0.1, 0.15) is 15.9 Å². The first-order valence-corrected chi connectivity index (χ1v) is 6.63. The van der Waals surface area contributed by atoms with Crippen LogP contribution in [0, 0.1) is 6.92 Å². The maximum absolute atomic E-state index is 11.8. The van der Waals surface area contributed by atoms with Gasteiger partial charge in [0.1, 0.15) is 0 Å². The fourth-order valence-electron chi connectivity index (χ4n) is 2.09. The SMILES string of the molecule is [B]N(P)c1cc(C)cc(-c2ccccc2C(=O)OC)c1. The second-order valence-corrected chi connectivity index (χ2v) is 5.06. The summed E-state index contributed by atoms with van der Waals surface area (Å²) in [5.41, 5.74) is 4.22. The van der Waals surface area contributed by atoms with Gasteiger partial charge in [-0.05, 0) is 41.8 Å². The molecule has 1 atom stereocenters. The minimum atomic E-state index is -0.348. The van der Waals surface area contributed by atoms with Crippen molar-refractivity contribution in [3.05, 3.63) is 53.6 Å². The molecule has 0 bridgehead atoms. The Kier molecular flexibility index (Phi) is 4.46. The topological polar surface area (TPSA) is 29.5 Å². The predicted octanol–water partition coefficient (Wildman–Crippen LogP) is 3.13. The highest BCUT2D eigenvalue weighted by molar-refractivity contribution is 7.22. The summed E-state index contributed by atoms with van der Waals surface area (Å²) in [4.78, 5) is 11.8. The number of carbonyl (C=O) groups is 1. The first kappa shape index (κ1) is 14.6. The number of nitrogens with zero attached hydrogens (tertiary/aromatic N) is 1. The molecule has 0 heterocycles. The fourth-order valence-corrected chi connectivity index (χ4v) is 2.24. The Morgan fingerprint density at radius 1 is 1.25 bits per heavy atom. The van der Waals surface area contributed by atoms with Crippen LogP contribution in [0.15, 0.2) is 42.5 Å². The van der Waals surface area contributed by atoms with Crippen LogP contribution in [0.5, 0.6) is 0 Å². The lowest BCUT2D eigenvalue weighted by Crippen LogP contribution is -2.05. The van der Waals surface area contributed by atoms with Gasteiger partial charge in [0.15, 0.2) is 0 Å². The van der Waals surface area contributed by atoms with Crippen molar-refractivity contribution in [2.45, 2.75) is 6.92 Å². The summed E-state index contributed by atoms with van der Waals surface area (Å²) in [5, 5.41) is 0. The van der Waals surface area contributed by atoms with Crippen LogP contribution in [0.2, 0.25) is 0 Å². The molecule has 0 N–H and O–H groups in total. The van der Waals surface area contributed by atoms with Gasteiger partial charge in [0.25, 0.3) is 0 Å². The predicted molar refractivity (Wildman–Crippen MR) is 85.9 cm³/mol. The van der Waals surface area contributed by atoms with Crippen molar-refractivity contribution in [1.82, 2.24) is 0 Å². The molecule has 2 rings (SSSR count). The van der Waals surface area contributed by atoms with Gasteiger partial charge in [-0.1, -0.05) is 33.7 Å². The van der Waals surface area contributed by atoms with Crippen LogP contribution in [-0.2, 0) is 4.74 Å². The molecule has 0 fully saturated rings. The third kappa shape index (κ3) is 3.02. The molecule has 2 aromatic rings. The zero-order valence-corrected chi connectivity index (χ0v) is 12.6. The standard InChI is InChI=1S/C15H15BNO2P/c1-10-7-11(9-12(8-10)17(16)20)13-5-3-4-6-14(13)15(18)19-2/h3-9H,20H2,1-2H3. The fraction of sp³-hybridized carbons (Fsp3) is 0.133. The number of ether oxygens (including phenoxy) is 1. The van der Waals surface area contributed by atoms with Gasteiger partial charge in [-0.25, -0.2) is 4.79 Å². The van der Waals surface area contributed by atoms with E-state index >= 15 is 0 Å². The number of esters is 1. The van der Waals surface area contributed by atoms with Gasteiger partial charge in [0.2, 0.25) is 7.98 Å². The molecule has 2 radical (unpaired) electrons. The number of anilines is 1. The van der Waals surface area contributed by atoms with E-state index in [-0.39, 0.29) is 5.97 Å². The summed E-state index contributed by atoms with van der Waals surface area (Å²) in [7, 11) is 9.55. The Bertz CT molecular complexity index is 644. The number of hydrogen-bond donors (Lipinski definition) is 0. The highest BCUT2D eigenvalue weighted by Gasteiger charge is 2.13. The number of benzene rings is 2. The van der Waals surface area contributed by atoms with Crippen molar-refractivity contribution in [2.75, 3.05) is 11.7 Å². The molecule has 0 saturated carbocycles. The highest BCUT2D eigenvalue weighted by atomic mass is 31.0. The third-order valence-corrected chi connectivity index (χ3v) is 3.30. The van der Waals surface area contributed by atoms with Crippen LogP contribution in [0.25, 0.3) is 11.1 Å². The summed E-state index contributed by atoms with van der Waals surface area (Å²) >= 11 is 0. The quantitative estimate of drug-likeness (QED) is 0.492. The van der Waals surface area contributed by atoms with Crippen LogP contribution in [0.4, 0.5) is 5.69 Å². The van der Waals surface area contributed by atoms with Crippen LogP contribution in [0.3, 0.4) is 0 Å². The molecule has 0 aliphatic heterocycles. The lowest BCUT2D eigenvalue weighted by molar-refractivity contribution is 0.0601. The van der Waals surface area contributed by atoms with Gasteiger partial charge in [-0.15, -0.1) is 0 Å². The third-order valence-electron chi connectivity index (χ3n) is 3.00. The summed E-state index contributed by atoms with van der Waals surface area (Å²) in [5.74, 6) is -0.348. The van der Waals surface area contributed by atoms with E-state index in [1.807, 2.05) is 43.3 Å². The average molecular weight is 283 g/mol. The van der Waals surface area contributed by atoms with Crippen molar-refractivity contribution < 1.29 is 9.53 Å². The van der Waals surface area contributed by atoms with Gasteiger partial charge in [-0.2, -0.15) is 0 Å². The number of hydrogen-bond acceptors (Lipinski definition) is 3. The summed E-state index contributed by atoms with van der Waals surface area (Å²) in [6.45, 7) is 1.99. The Labute approximate surface area is 122 Å². The Hall–Kier alpha value is -1.80. The summed E-state index contributed by atoms with van der Waals surface area (Å²) in [6, 6.07) is 13.3. The van der Waals surface area contributed by atoms with Crippen molar-refractivity contribution in [2.24, 2.45) is 0 Å². The maximum atomic E-state index is 11.8. The zero-order chi connectivity index (χ0) is 14.7. The normalized spacial score (nSPS) is 10.2. The monoisotopic (exact) mass is 283 g/mol. The van der Waals surface area contributed by atoms with Gasteiger partial charge < -0.3 is 9.32 Å². The minimum Gasteiger partial charge on any atom is -0.465 e. The van der Waals surface area contributed by atoms with Gasteiger partial charge >= 0.3 is 5.97 Å². The highest BCUT2D eigenvalue weighted by Crippen LogP contribution is 2.30. The minimum absolute atomic E-state index is 0.348. The average Bonchev–Trinajstić information content (AvgIpc) is 2.45. The maximum Gasteiger partial charge on any atom is 0.338 e. The molecule has 20 heavy (non-hydrogen) atoms. The first-order chi connectivity index (χ1) is 9.52. The van der Waals surface area contributed by atoms with Gasteiger partial charge in [-0.3, -0.25) is 0 Å². The molecule has 0 aromatic heterocycles. The van der Waals surface area contributed by atoms with Crippen LogP contribution in [-0.4, -0.2) is 21.1 Å². The van der Waals surface area contributed by atoms with Gasteiger partial charge in [0, 0.05) is 5.69 Å². The van der Waals surface area contributed by atoms with E-state index in [2.05, 4.69) is 9.39 Å². The van der Waals surface area contributed by atoms with Gasteiger partial charge in [0.05, 0.1) is 12.7 Å². The zero-order valence-electron chi connectivity index (χ0n) is 11.5. The number of methoxy groups -OCH3 is 1. The van der Waals surface area contributed by atoms with E-state index in [0.29, 0.717) is 5.56 Å². The Morgan fingerprint density at radius 2 is 1.95 bits per heavy atom. The molecule has 0 aliphatic rings. The lowest BCUT2D eigenvalue weighted by atomic mass is 9.97. The van der Waals surface area contributed by atoms with E-state index in [1.54, 1.807) is 6.07 Å². The molecule has 3 nitrogen and oxygen atoms in total. The Morgan fingerprint density at radius 3 is 2.60 bits per heavy atom. The van der Waals surface area contributed by atoms with Crippen LogP contribution < -0.4 is 4.58 Å². The van der Waals surface area contributed by atoms with E-state index < -0.39 is 0 Å². The van der Waals surface area contributed by atoms with Crippen molar-refractivity contribution in [3.63, 3.8) is 0 Å². The van der Waals surface area contributed by atoms with Crippen LogP contribution >= 0.6 is 9.39 Å². The van der Waals surface area contributed by atoms with E-state index in [0.717, 1.165) is 22.4 Å². The molecule has 0 saturated heterocycles. The number of carbonyl (C=O) groups excluding carboxylic acids is 1. The molecular formula is C15H15BNO2P. The first-order valence-electron chi connectivity index (χ1n) is 6.12. The largest absolute Gasteiger partial charge is 0.465 e.